The van der Waals surface area contributed by atoms with Crippen LogP contribution in [0.25, 0.3) is 0 Å². The molecule has 1 fully saturated rings. The van der Waals surface area contributed by atoms with E-state index < -0.39 is 41.0 Å². The molecule has 1 aliphatic rings. The normalized spacial score (nSPS) is 21.8. The molecule has 1 saturated heterocycles. The number of hydrogen-bond donors (Lipinski definition) is 3. The van der Waals surface area contributed by atoms with Crippen LogP contribution in [0.15, 0.2) is 29.4 Å². The molecule has 4 atom stereocenters. The first kappa shape index (κ1) is 26.9. The Morgan fingerprint density at radius 1 is 1.35 bits per heavy atom. The molecule has 1 aromatic carbocycles. The molecule has 3 N–H and O–H groups in total. The Labute approximate surface area is 199 Å². The van der Waals surface area contributed by atoms with Crippen molar-refractivity contribution in [2.75, 3.05) is 27.3 Å². The zero-order valence-electron chi connectivity index (χ0n) is 20.5. The topological polar surface area (TPSA) is 155 Å². The molecule has 0 unspecified atom stereocenters. The van der Waals surface area contributed by atoms with Crippen LogP contribution in [0.1, 0.15) is 44.5 Å². The Bertz CT molecular complexity index is 971. The predicted octanol–water partition coefficient (Wildman–Crippen LogP) is 2.73. The molecule has 11 heteroatoms. The second-order valence-corrected chi connectivity index (χ2v) is 9.46. The lowest BCUT2D eigenvalue weighted by atomic mass is 9.65. The lowest BCUT2D eigenvalue weighted by molar-refractivity contribution is -0.141. The third kappa shape index (κ3) is 5.26. The molecule has 2 rings (SSSR count). The van der Waals surface area contributed by atoms with Gasteiger partial charge >= 0.3 is 6.09 Å². The van der Waals surface area contributed by atoms with Crippen molar-refractivity contribution in [2.45, 2.75) is 51.8 Å². The zero-order chi connectivity index (χ0) is 25.7. The van der Waals surface area contributed by atoms with Gasteiger partial charge in [-0.1, -0.05) is 39.8 Å². The lowest BCUT2D eigenvalue weighted by Gasteiger charge is -2.52. The van der Waals surface area contributed by atoms with E-state index >= 15 is 0 Å². The van der Waals surface area contributed by atoms with Crippen LogP contribution in [-0.4, -0.2) is 72.8 Å². The number of nitrogens with zero attached hydrogens (tertiary/aromatic N) is 3. The number of ketones is 1. The summed E-state index contributed by atoms with van der Waals surface area (Å²) in [6.45, 7) is 7.10. The van der Waals surface area contributed by atoms with E-state index in [1.54, 1.807) is 31.2 Å². The molecular weight excluding hydrogens is 442 g/mol. The smallest absolute Gasteiger partial charge is 0.407 e. The molecule has 186 valence electrons. The Hall–Kier alpha value is -3.30. The molecule has 0 spiro atoms. The molecular formula is C23H34N5O6+. The maximum Gasteiger partial charge on any atom is 0.407 e. The maximum absolute atomic E-state index is 13.1. The zero-order valence-corrected chi connectivity index (χ0v) is 20.5. The summed E-state index contributed by atoms with van der Waals surface area (Å²) in [7, 11) is 2.94. The van der Waals surface area contributed by atoms with Gasteiger partial charge in [0.25, 0.3) is 0 Å². The number of benzene rings is 1. The van der Waals surface area contributed by atoms with Crippen LogP contribution >= 0.6 is 0 Å². The molecule has 1 aromatic rings. The number of carbonyl (C=O) groups is 3. The fraction of sp³-hybridized carbons (Fsp3) is 0.609. The molecule has 0 aromatic heterocycles. The number of ether oxygens (including phenoxy) is 2. The fourth-order valence-corrected chi connectivity index (χ4v) is 4.90. The molecule has 2 amide bonds. The summed E-state index contributed by atoms with van der Waals surface area (Å²) >= 11 is 0. The summed E-state index contributed by atoms with van der Waals surface area (Å²) in [5, 5.41) is 16.5. The van der Waals surface area contributed by atoms with E-state index in [4.69, 9.17) is 15.0 Å². The summed E-state index contributed by atoms with van der Waals surface area (Å²) in [4.78, 5) is 42.3. The van der Waals surface area contributed by atoms with Crippen LogP contribution in [0.2, 0.25) is 0 Å². The highest BCUT2D eigenvalue weighted by molar-refractivity contribution is 5.99. The molecule has 1 heterocycles. The van der Waals surface area contributed by atoms with Gasteiger partial charge in [-0.3, -0.25) is 14.5 Å². The minimum Gasteiger partial charge on any atom is -0.497 e. The van der Waals surface area contributed by atoms with Gasteiger partial charge in [-0.2, -0.15) is 0 Å². The monoisotopic (exact) mass is 476 g/mol. The van der Waals surface area contributed by atoms with E-state index in [9.17, 15) is 19.5 Å². The van der Waals surface area contributed by atoms with Gasteiger partial charge < -0.3 is 19.9 Å². The summed E-state index contributed by atoms with van der Waals surface area (Å²) in [6, 6.07) is 6.10. The first-order valence-corrected chi connectivity index (χ1v) is 11.0. The van der Waals surface area contributed by atoms with Crippen LogP contribution < -0.4 is 15.0 Å². The van der Waals surface area contributed by atoms with Gasteiger partial charge in [0.2, 0.25) is 10.8 Å². The number of methoxy groups -OCH3 is 2. The van der Waals surface area contributed by atoms with Gasteiger partial charge in [0, 0.05) is 19.1 Å². The highest BCUT2D eigenvalue weighted by atomic mass is 16.5. The highest BCUT2D eigenvalue weighted by Crippen LogP contribution is 2.49. The van der Waals surface area contributed by atoms with Crippen LogP contribution in [0.5, 0.6) is 5.75 Å². The molecule has 11 nitrogen and oxygen atoms in total. The lowest BCUT2D eigenvalue weighted by Crippen LogP contribution is -2.65. The average Bonchev–Trinajstić information content (AvgIpc) is 3.18. The molecule has 1 aliphatic heterocycles. The van der Waals surface area contributed by atoms with Crippen molar-refractivity contribution in [2.24, 2.45) is 16.4 Å². The molecule has 0 saturated carbocycles. The predicted molar refractivity (Wildman–Crippen MR) is 123 cm³/mol. The average molecular weight is 477 g/mol. The van der Waals surface area contributed by atoms with Gasteiger partial charge in [0.15, 0.2) is 11.8 Å². The van der Waals surface area contributed by atoms with Crippen molar-refractivity contribution in [3.63, 3.8) is 0 Å². The summed E-state index contributed by atoms with van der Waals surface area (Å²) in [6.07, 6.45) is -1.77. The van der Waals surface area contributed by atoms with Gasteiger partial charge in [0.1, 0.15) is 16.4 Å². The van der Waals surface area contributed by atoms with Crippen molar-refractivity contribution in [1.82, 2.24) is 15.1 Å². The van der Waals surface area contributed by atoms with Crippen LogP contribution in [-0.2, 0) is 9.53 Å². The quantitative estimate of drug-likeness (QED) is 0.283. The fourth-order valence-electron chi connectivity index (χ4n) is 4.90. The van der Waals surface area contributed by atoms with Crippen LogP contribution in [0, 0.1) is 16.9 Å². The number of nitrogens with one attached hydrogen (secondary N) is 2. The number of carbonyl (C=O) groups excluding carboxylic acids is 2. The Morgan fingerprint density at radius 3 is 2.56 bits per heavy atom. The van der Waals surface area contributed by atoms with Crippen LogP contribution in [0.3, 0.4) is 0 Å². The van der Waals surface area contributed by atoms with Crippen molar-refractivity contribution < 1.29 is 29.0 Å². The number of rotatable bonds is 9. The first-order chi connectivity index (χ1) is 15.9. The van der Waals surface area contributed by atoms with Crippen LogP contribution in [0.4, 0.5) is 4.79 Å². The highest BCUT2D eigenvalue weighted by Gasteiger charge is 2.62. The van der Waals surface area contributed by atoms with E-state index in [2.05, 4.69) is 15.3 Å². The minimum atomic E-state index is -1.17. The molecule has 0 aliphatic carbocycles. The van der Waals surface area contributed by atoms with Crippen molar-refractivity contribution in [1.29, 1.82) is 5.53 Å². The number of hydrogen-bond acceptors (Lipinski definition) is 7. The Kier molecular flexibility index (Phi) is 8.52. The van der Waals surface area contributed by atoms with E-state index in [0.29, 0.717) is 11.3 Å². The molecule has 0 bridgehead atoms. The van der Waals surface area contributed by atoms with Gasteiger partial charge in [0.05, 0.1) is 37.8 Å². The Balaban J connectivity index is 2.30. The number of carboxylic acid groups (broad SMARTS) is 1. The van der Waals surface area contributed by atoms with Gasteiger partial charge in [-0.05, 0) is 17.5 Å². The SMILES string of the molecule is COc1cccc(C(=O)CNC(=O)[C@H](C)[C@@H](OC)[C@@]2(C(C)(C)C)C[C@H](N=[N+]=N)CN2C(=O)O)c1. The molecule has 0 radical (unpaired) electrons. The van der Waals surface area contributed by atoms with E-state index in [1.165, 1.54) is 19.1 Å². The van der Waals surface area contributed by atoms with E-state index in [-0.39, 0.29) is 25.3 Å². The van der Waals surface area contributed by atoms with Gasteiger partial charge in [-0.25, -0.2) is 4.79 Å². The third-order valence-electron chi connectivity index (χ3n) is 6.58. The Morgan fingerprint density at radius 2 is 2.03 bits per heavy atom. The summed E-state index contributed by atoms with van der Waals surface area (Å²) < 4.78 is 10.9. The number of likely N-dealkylation sites (tertiary alicyclic amines) is 1. The summed E-state index contributed by atoms with van der Waals surface area (Å²) in [5.41, 5.74) is 5.71. The largest absolute Gasteiger partial charge is 0.497 e. The molecule has 34 heavy (non-hydrogen) atoms. The second kappa shape index (κ2) is 10.8. The van der Waals surface area contributed by atoms with Crippen molar-refractivity contribution in [3.8, 4) is 5.75 Å². The number of Topliss-reactive ketones (excluding diaryl/α,β-unsaturated/α-hetero) is 1. The third-order valence-corrected chi connectivity index (χ3v) is 6.58. The van der Waals surface area contributed by atoms with E-state index in [1.807, 2.05) is 20.8 Å². The second-order valence-electron chi connectivity index (χ2n) is 9.46. The summed E-state index contributed by atoms with van der Waals surface area (Å²) in [5.74, 6) is -0.993. The van der Waals surface area contributed by atoms with Crippen molar-refractivity contribution in [3.05, 3.63) is 29.8 Å². The standard InChI is InChI=1S/C23H33N5O6/c1-14(20(30)25-12-18(29)15-8-7-9-17(10-15)33-5)19(34-6)23(22(2,3)4)11-16(26-27-24)13-28(23)21(31)32/h7-10,14,16,19,24H,11-13H2,1-6H3,(H-,25,30,31,32)/p+1/t14-,16+,19-,23-/m1/s1. The maximum atomic E-state index is 13.1. The van der Waals surface area contributed by atoms with Crippen molar-refractivity contribution >= 4 is 17.8 Å². The van der Waals surface area contributed by atoms with Gasteiger partial charge in [-0.15, -0.1) is 0 Å². The number of amides is 2. The minimum absolute atomic E-state index is 0.0392. The first-order valence-electron chi connectivity index (χ1n) is 11.0. The van der Waals surface area contributed by atoms with E-state index in [0.717, 1.165) is 0 Å².